The minimum absolute atomic E-state index is 0.0493. The van der Waals surface area contributed by atoms with Crippen molar-refractivity contribution < 1.29 is 36.9 Å². The number of hydrogen-bond acceptors (Lipinski definition) is 10. The first-order chi connectivity index (χ1) is 23.8. The van der Waals surface area contributed by atoms with Gasteiger partial charge in [-0.15, -0.1) is 19.7 Å². The molecule has 6 atom stereocenters. The van der Waals surface area contributed by atoms with E-state index in [1.807, 2.05) is 12.2 Å². The van der Waals surface area contributed by atoms with Gasteiger partial charge in [0, 0.05) is 73.3 Å². The molecule has 0 bridgehead atoms. The minimum atomic E-state index is -2.41. The highest BCUT2D eigenvalue weighted by atomic mass is 32.2. The predicted molar refractivity (Wildman–Crippen MR) is 207 cm³/mol. The maximum atomic E-state index is 14.2. The lowest BCUT2D eigenvalue weighted by atomic mass is 9.66. The molecule has 0 amide bonds. The zero-order valence-corrected chi connectivity index (χ0v) is 31.8. The third-order valence-corrected chi connectivity index (χ3v) is 11.8. The number of unbranched alkanes of at least 4 members (excludes halogenated alkanes) is 7. The van der Waals surface area contributed by atoms with E-state index in [1.165, 1.54) is 18.2 Å². The molecule has 0 saturated carbocycles. The number of nitrogens with two attached hydrogens (primary N) is 3. The van der Waals surface area contributed by atoms with Gasteiger partial charge in [0.05, 0.1) is 18.1 Å². The minimum Gasteiger partial charge on any atom is -0.481 e. The van der Waals surface area contributed by atoms with Crippen molar-refractivity contribution in [1.82, 2.24) is 0 Å². The molecule has 0 aliphatic rings. The second-order valence-electron chi connectivity index (χ2n) is 12.1. The lowest BCUT2D eigenvalue weighted by Crippen LogP contribution is -2.63. The summed E-state index contributed by atoms with van der Waals surface area (Å²) in [5.74, 6) is -4.46. The molecule has 0 spiro atoms. The van der Waals surface area contributed by atoms with Gasteiger partial charge in [0.1, 0.15) is 0 Å². The lowest BCUT2D eigenvalue weighted by molar-refractivity contribution is -0.151. The highest BCUT2D eigenvalue weighted by Gasteiger charge is 2.55. The van der Waals surface area contributed by atoms with Crippen LogP contribution in [0.15, 0.2) is 62.3 Å². The number of carbonyl (C=O) groups is 4. The average Bonchev–Trinajstić information content (AvgIpc) is 3.05. The van der Waals surface area contributed by atoms with Gasteiger partial charge in [-0.2, -0.15) is 0 Å². The van der Waals surface area contributed by atoms with Gasteiger partial charge in [-0.25, -0.2) is 0 Å². The summed E-state index contributed by atoms with van der Waals surface area (Å²) < 4.78 is 37.5. The van der Waals surface area contributed by atoms with Crippen LogP contribution in [-0.2, 0) is 51.6 Å². The van der Waals surface area contributed by atoms with Crippen LogP contribution in [0.25, 0.3) is 0 Å². The van der Waals surface area contributed by atoms with Crippen LogP contribution in [0.1, 0.15) is 77.0 Å². The van der Waals surface area contributed by atoms with Gasteiger partial charge < -0.3 is 22.3 Å². The third-order valence-electron chi connectivity index (χ3n) is 7.82. The Kier molecular flexibility index (Phi) is 26.7. The molecule has 7 N–H and O–H groups in total. The Labute approximate surface area is 306 Å². The first kappa shape index (κ1) is 47.5. The second kappa shape index (κ2) is 28.1. The standard InChI is InChI=1S/C36H59N3O8S3/c1-4-23-48(45)26-29(37)33(42)36(34(43)30(38)27-49(46)24-5-2,35(44)31(39)28-50(47)25-6-3)22-20-18-16-14-12-10-8-7-9-11-13-15-17-19-21-32(40)41/h4-8,12,14,29-31H,1-3,9-11,13,15-28,37-39H2,(H,40,41)/b8-7-,14-12-/t29-,30-,31-,36?,48?,49?,50?/m0/s1. The number of rotatable bonds is 33. The van der Waals surface area contributed by atoms with E-state index < -0.39 is 79.3 Å². The van der Waals surface area contributed by atoms with Gasteiger partial charge in [0.25, 0.3) is 0 Å². The second-order valence-corrected chi connectivity index (χ2v) is 16.8. The molecular formula is C36H59N3O8S3. The number of carbonyl (C=O) groups excluding carboxylic acids is 3. The fourth-order valence-corrected chi connectivity index (χ4v) is 8.19. The summed E-state index contributed by atoms with van der Waals surface area (Å²) in [5.41, 5.74) is 16.3. The van der Waals surface area contributed by atoms with Crippen LogP contribution in [-0.4, -0.2) is 93.7 Å². The van der Waals surface area contributed by atoms with Gasteiger partial charge in [-0.05, 0) is 44.9 Å². The van der Waals surface area contributed by atoms with Crippen LogP contribution in [0.3, 0.4) is 0 Å². The topological polar surface area (TPSA) is 218 Å². The highest BCUT2D eigenvalue weighted by Crippen LogP contribution is 2.33. The molecule has 50 heavy (non-hydrogen) atoms. The Morgan fingerprint density at radius 1 is 0.580 bits per heavy atom. The molecule has 0 heterocycles. The zero-order chi connectivity index (χ0) is 38.0. The number of Topliss-reactive ketones (excluding diaryl/α,β-unsaturated/α-hetero) is 3. The first-order valence-electron chi connectivity index (χ1n) is 17.1. The summed E-state index contributed by atoms with van der Waals surface area (Å²) in [7, 11) is -4.79. The molecule has 0 aliphatic carbocycles. The summed E-state index contributed by atoms with van der Waals surface area (Å²) >= 11 is 0. The van der Waals surface area contributed by atoms with Crippen molar-refractivity contribution in [1.29, 1.82) is 0 Å². The van der Waals surface area contributed by atoms with Crippen molar-refractivity contribution in [2.24, 2.45) is 22.6 Å². The molecule has 0 aliphatic heterocycles. The molecule has 3 unspecified atom stereocenters. The molecular weight excluding hydrogens is 699 g/mol. The number of hydrogen-bond donors (Lipinski definition) is 4. The van der Waals surface area contributed by atoms with Crippen molar-refractivity contribution in [2.75, 3.05) is 34.5 Å². The summed E-state index contributed by atoms with van der Waals surface area (Å²) in [6.45, 7) is 10.6. The third kappa shape index (κ3) is 19.2. The average molecular weight is 758 g/mol. The first-order valence-corrected chi connectivity index (χ1v) is 21.5. The Balaban J connectivity index is 5.85. The summed E-state index contributed by atoms with van der Waals surface area (Å²) in [6, 6.07) is -4.41. The van der Waals surface area contributed by atoms with E-state index in [0.717, 1.165) is 38.5 Å². The van der Waals surface area contributed by atoms with E-state index in [1.54, 1.807) is 0 Å². The summed E-state index contributed by atoms with van der Waals surface area (Å²) in [5, 5.41) is 8.68. The largest absolute Gasteiger partial charge is 0.481 e. The molecule has 0 radical (unpaired) electrons. The van der Waals surface area contributed by atoms with E-state index in [9.17, 15) is 31.8 Å². The Bertz CT molecular complexity index is 1150. The Hall–Kier alpha value is -2.49. The fourth-order valence-electron chi connectivity index (χ4n) is 5.34. The maximum Gasteiger partial charge on any atom is 0.303 e. The van der Waals surface area contributed by atoms with Gasteiger partial charge in [0.2, 0.25) is 0 Å². The van der Waals surface area contributed by atoms with Crippen LogP contribution < -0.4 is 17.2 Å². The molecule has 14 heteroatoms. The van der Waals surface area contributed by atoms with E-state index in [4.69, 9.17) is 22.3 Å². The molecule has 11 nitrogen and oxygen atoms in total. The molecule has 284 valence electrons. The van der Waals surface area contributed by atoms with Crippen molar-refractivity contribution in [3.8, 4) is 0 Å². The van der Waals surface area contributed by atoms with Crippen molar-refractivity contribution in [3.63, 3.8) is 0 Å². The summed E-state index contributed by atoms with van der Waals surface area (Å²) in [4.78, 5) is 53.0. The van der Waals surface area contributed by atoms with Crippen LogP contribution in [0.2, 0.25) is 0 Å². The van der Waals surface area contributed by atoms with Gasteiger partial charge in [-0.3, -0.25) is 31.8 Å². The van der Waals surface area contributed by atoms with Gasteiger partial charge in [-0.1, -0.05) is 68.2 Å². The zero-order valence-electron chi connectivity index (χ0n) is 29.4. The normalized spacial score (nSPS) is 16.5. The van der Waals surface area contributed by atoms with E-state index in [0.29, 0.717) is 19.3 Å². The van der Waals surface area contributed by atoms with Gasteiger partial charge in [0.15, 0.2) is 22.8 Å². The fraction of sp³-hybridized carbons (Fsp3) is 0.611. The molecule has 0 saturated heterocycles. The van der Waals surface area contributed by atoms with Crippen LogP contribution in [0, 0.1) is 5.41 Å². The van der Waals surface area contributed by atoms with Crippen molar-refractivity contribution in [3.05, 3.63) is 62.3 Å². The van der Waals surface area contributed by atoms with Crippen molar-refractivity contribution >= 4 is 55.7 Å². The molecule has 0 aromatic rings. The van der Waals surface area contributed by atoms with E-state index in [-0.39, 0.29) is 53.8 Å². The molecule has 0 aromatic carbocycles. The molecule has 0 aromatic heterocycles. The van der Waals surface area contributed by atoms with Crippen LogP contribution >= 0.6 is 0 Å². The van der Waals surface area contributed by atoms with Crippen molar-refractivity contribution in [2.45, 2.75) is 95.2 Å². The maximum absolute atomic E-state index is 14.2. The number of carboxylic acid groups (broad SMARTS) is 1. The Morgan fingerprint density at radius 3 is 1.32 bits per heavy atom. The number of allylic oxidation sites excluding steroid dienone is 4. The number of aliphatic carboxylic acids is 1. The lowest BCUT2D eigenvalue weighted by Gasteiger charge is -2.35. The molecule has 0 rings (SSSR count). The smallest absolute Gasteiger partial charge is 0.303 e. The number of ketones is 3. The molecule has 0 fully saturated rings. The highest BCUT2D eigenvalue weighted by molar-refractivity contribution is 7.85. The van der Waals surface area contributed by atoms with Crippen LogP contribution in [0.5, 0.6) is 0 Å². The SMILES string of the molecule is C=CCS(=O)C[C@H](N)C(=O)C(CCCC/C=C\C/C=C\CCCCCCCC(=O)O)(C(=O)[C@@H](N)CS(=O)CC=C)C(=O)[C@@H](N)CS(=O)CC=C. The van der Waals surface area contributed by atoms with E-state index in [2.05, 4.69) is 31.9 Å². The summed E-state index contributed by atoms with van der Waals surface area (Å²) in [6.07, 6.45) is 20.1. The number of carboxylic acids is 1. The Morgan fingerprint density at radius 2 is 0.940 bits per heavy atom. The predicted octanol–water partition coefficient (Wildman–Crippen LogP) is 3.34. The monoisotopic (exact) mass is 757 g/mol. The quantitative estimate of drug-likeness (QED) is 0.0432. The van der Waals surface area contributed by atoms with Gasteiger partial charge >= 0.3 is 5.97 Å². The van der Waals surface area contributed by atoms with Crippen LogP contribution in [0.4, 0.5) is 0 Å². The van der Waals surface area contributed by atoms with E-state index >= 15 is 0 Å².